The number of rotatable bonds is 6. The fraction of sp³-hybridized carbons (Fsp3) is 0.143. The first-order chi connectivity index (χ1) is 13.0. The first kappa shape index (κ1) is 18.8. The Morgan fingerprint density at radius 1 is 1.04 bits per heavy atom. The van der Waals surface area contributed by atoms with Crippen molar-refractivity contribution < 1.29 is 14.0 Å². The first-order valence-electron chi connectivity index (χ1n) is 8.50. The molecule has 3 aromatic rings. The second kappa shape index (κ2) is 8.60. The Morgan fingerprint density at radius 2 is 1.74 bits per heavy atom. The number of aryl methyl sites for hydroxylation is 1. The van der Waals surface area contributed by atoms with Gasteiger partial charge < -0.3 is 10.2 Å². The molecule has 0 fully saturated rings. The van der Waals surface area contributed by atoms with Crippen molar-refractivity contribution >= 4 is 28.8 Å². The highest BCUT2D eigenvalue weighted by Crippen LogP contribution is 2.18. The lowest BCUT2D eigenvalue weighted by molar-refractivity contribution is 0.0946. The van der Waals surface area contributed by atoms with Gasteiger partial charge in [0.05, 0.1) is 4.88 Å². The smallest absolute Gasteiger partial charge is 0.261 e. The van der Waals surface area contributed by atoms with Gasteiger partial charge in [0.2, 0.25) is 0 Å². The fourth-order valence-corrected chi connectivity index (χ4v) is 3.24. The van der Waals surface area contributed by atoms with Gasteiger partial charge in [-0.15, -0.1) is 11.3 Å². The highest BCUT2D eigenvalue weighted by molar-refractivity contribution is 7.12. The van der Waals surface area contributed by atoms with E-state index in [1.807, 2.05) is 30.5 Å². The van der Waals surface area contributed by atoms with Crippen molar-refractivity contribution in [3.8, 4) is 0 Å². The van der Waals surface area contributed by atoms with Crippen LogP contribution in [0, 0.1) is 12.7 Å². The Labute approximate surface area is 161 Å². The van der Waals surface area contributed by atoms with Crippen LogP contribution < -0.4 is 10.2 Å². The molecular formula is C21H19FN2O2S. The van der Waals surface area contributed by atoms with Crippen molar-refractivity contribution in [2.75, 3.05) is 18.0 Å². The maximum Gasteiger partial charge on any atom is 0.261 e. The highest BCUT2D eigenvalue weighted by Gasteiger charge is 2.18. The van der Waals surface area contributed by atoms with E-state index in [0.717, 1.165) is 5.56 Å². The summed E-state index contributed by atoms with van der Waals surface area (Å²) in [5.41, 5.74) is 2.17. The van der Waals surface area contributed by atoms with Crippen molar-refractivity contribution in [2.45, 2.75) is 6.92 Å². The third-order valence-electron chi connectivity index (χ3n) is 4.05. The summed E-state index contributed by atoms with van der Waals surface area (Å²) in [6, 6.07) is 16.6. The highest BCUT2D eigenvalue weighted by atomic mass is 32.1. The van der Waals surface area contributed by atoms with E-state index in [2.05, 4.69) is 5.32 Å². The predicted molar refractivity (Wildman–Crippen MR) is 106 cm³/mol. The van der Waals surface area contributed by atoms with E-state index in [4.69, 9.17) is 0 Å². The zero-order valence-corrected chi connectivity index (χ0v) is 15.6. The molecule has 6 heteroatoms. The molecule has 0 aliphatic carbocycles. The summed E-state index contributed by atoms with van der Waals surface area (Å²) < 4.78 is 13.3. The minimum atomic E-state index is -0.368. The fourth-order valence-electron chi connectivity index (χ4n) is 2.60. The van der Waals surface area contributed by atoms with E-state index in [1.54, 1.807) is 35.2 Å². The third kappa shape index (κ3) is 4.80. The number of benzene rings is 2. The van der Waals surface area contributed by atoms with Crippen LogP contribution in [-0.2, 0) is 0 Å². The van der Waals surface area contributed by atoms with E-state index < -0.39 is 0 Å². The van der Waals surface area contributed by atoms with Crippen molar-refractivity contribution in [1.29, 1.82) is 0 Å². The van der Waals surface area contributed by atoms with E-state index in [1.165, 1.54) is 23.5 Å². The van der Waals surface area contributed by atoms with Crippen molar-refractivity contribution in [3.63, 3.8) is 0 Å². The number of nitrogens with zero attached hydrogens (tertiary/aromatic N) is 1. The number of halogens is 1. The maximum atomic E-state index is 13.3. The second-order valence-corrected chi connectivity index (χ2v) is 6.98. The maximum absolute atomic E-state index is 13.3. The zero-order valence-electron chi connectivity index (χ0n) is 14.8. The molecule has 0 atom stereocenters. The normalized spacial score (nSPS) is 10.4. The monoisotopic (exact) mass is 382 g/mol. The summed E-state index contributed by atoms with van der Waals surface area (Å²) >= 11 is 1.36. The SMILES string of the molecule is Cc1ccc(C(=O)N(CCNC(=O)c2cccs2)c2ccc(F)cc2)cc1. The van der Waals surface area contributed by atoms with Crippen molar-refractivity contribution in [3.05, 3.63) is 87.9 Å². The van der Waals surface area contributed by atoms with Gasteiger partial charge in [0, 0.05) is 24.3 Å². The van der Waals surface area contributed by atoms with Gasteiger partial charge in [-0.25, -0.2) is 4.39 Å². The number of nitrogens with one attached hydrogen (secondary N) is 1. The largest absolute Gasteiger partial charge is 0.350 e. The van der Waals surface area contributed by atoms with E-state index in [9.17, 15) is 14.0 Å². The lowest BCUT2D eigenvalue weighted by Gasteiger charge is -2.23. The molecule has 0 unspecified atom stereocenters. The number of hydrogen-bond donors (Lipinski definition) is 1. The van der Waals surface area contributed by atoms with Crippen LogP contribution in [0.15, 0.2) is 66.0 Å². The summed E-state index contributed by atoms with van der Waals surface area (Å²) in [5, 5.41) is 4.65. The van der Waals surface area contributed by atoms with Gasteiger partial charge in [-0.1, -0.05) is 23.8 Å². The summed E-state index contributed by atoms with van der Waals surface area (Å²) in [6.07, 6.45) is 0. The summed E-state index contributed by atoms with van der Waals surface area (Å²) in [7, 11) is 0. The van der Waals surface area contributed by atoms with Crippen LogP contribution in [0.5, 0.6) is 0 Å². The topological polar surface area (TPSA) is 49.4 Å². The Balaban J connectivity index is 1.75. The molecule has 1 N–H and O–H groups in total. The Kier molecular flexibility index (Phi) is 5.98. The van der Waals surface area contributed by atoms with Gasteiger partial charge in [-0.3, -0.25) is 9.59 Å². The molecule has 0 bridgehead atoms. The average Bonchev–Trinajstić information content (AvgIpc) is 3.21. The van der Waals surface area contributed by atoms with Crippen molar-refractivity contribution in [2.24, 2.45) is 0 Å². The molecule has 4 nitrogen and oxygen atoms in total. The lowest BCUT2D eigenvalue weighted by atomic mass is 10.1. The molecule has 0 saturated heterocycles. The van der Waals surface area contributed by atoms with Crippen molar-refractivity contribution in [1.82, 2.24) is 5.32 Å². The van der Waals surface area contributed by atoms with Gasteiger partial charge in [0.25, 0.3) is 11.8 Å². The molecule has 2 amide bonds. The minimum absolute atomic E-state index is 0.174. The molecule has 0 aliphatic heterocycles. The zero-order chi connectivity index (χ0) is 19.2. The number of carbonyl (C=O) groups is 2. The Morgan fingerprint density at radius 3 is 2.37 bits per heavy atom. The molecule has 0 aliphatic rings. The van der Waals surface area contributed by atoms with Crippen LogP contribution >= 0.6 is 11.3 Å². The molecular weight excluding hydrogens is 363 g/mol. The van der Waals surface area contributed by atoms with Gasteiger partial charge in [0.15, 0.2) is 0 Å². The predicted octanol–water partition coefficient (Wildman–Crippen LogP) is 4.27. The van der Waals surface area contributed by atoms with Crippen LogP contribution in [0.1, 0.15) is 25.6 Å². The van der Waals surface area contributed by atoms with Crippen LogP contribution in [0.4, 0.5) is 10.1 Å². The number of carbonyl (C=O) groups excluding carboxylic acids is 2. The van der Waals surface area contributed by atoms with Crippen LogP contribution in [0.25, 0.3) is 0 Å². The van der Waals surface area contributed by atoms with Gasteiger partial charge in [-0.05, 0) is 54.8 Å². The quantitative estimate of drug-likeness (QED) is 0.692. The van der Waals surface area contributed by atoms with E-state index in [-0.39, 0.29) is 30.7 Å². The molecule has 0 saturated carbocycles. The number of amides is 2. The lowest BCUT2D eigenvalue weighted by Crippen LogP contribution is -2.38. The molecule has 1 heterocycles. The van der Waals surface area contributed by atoms with Gasteiger partial charge in [0.1, 0.15) is 5.82 Å². The van der Waals surface area contributed by atoms with Gasteiger partial charge >= 0.3 is 0 Å². The number of anilines is 1. The van der Waals surface area contributed by atoms with E-state index >= 15 is 0 Å². The molecule has 2 aromatic carbocycles. The first-order valence-corrected chi connectivity index (χ1v) is 9.38. The van der Waals surface area contributed by atoms with Gasteiger partial charge in [-0.2, -0.15) is 0 Å². The molecule has 27 heavy (non-hydrogen) atoms. The van der Waals surface area contributed by atoms with Crippen LogP contribution in [-0.4, -0.2) is 24.9 Å². The summed E-state index contributed by atoms with van der Waals surface area (Å²) in [4.78, 5) is 27.2. The summed E-state index contributed by atoms with van der Waals surface area (Å²) in [6.45, 7) is 2.51. The van der Waals surface area contributed by atoms with E-state index in [0.29, 0.717) is 16.1 Å². The van der Waals surface area contributed by atoms with Crippen LogP contribution in [0.2, 0.25) is 0 Å². The Bertz CT molecular complexity index is 906. The minimum Gasteiger partial charge on any atom is -0.350 e. The molecule has 138 valence electrons. The molecule has 3 rings (SSSR count). The number of thiophene rings is 1. The second-order valence-electron chi connectivity index (χ2n) is 6.03. The Hall–Kier alpha value is -2.99. The number of hydrogen-bond acceptors (Lipinski definition) is 3. The summed E-state index contributed by atoms with van der Waals surface area (Å²) in [5.74, 6) is -0.744. The third-order valence-corrected chi connectivity index (χ3v) is 4.92. The molecule has 0 spiro atoms. The average molecular weight is 382 g/mol. The molecule has 0 radical (unpaired) electrons. The van der Waals surface area contributed by atoms with Crippen LogP contribution in [0.3, 0.4) is 0 Å². The standard InChI is InChI=1S/C21H19FN2O2S/c1-15-4-6-16(7-5-15)21(26)24(18-10-8-17(22)9-11-18)13-12-23-20(25)19-3-2-14-27-19/h2-11,14H,12-13H2,1H3,(H,23,25). The molecule has 1 aromatic heterocycles.